The highest BCUT2D eigenvalue weighted by Crippen LogP contribution is 2.31. The summed E-state index contributed by atoms with van der Waals surface area (Å²) in [5.74, 6) is -0.408. The van der Waals surface area contributed by atoms with E-state index in [1.165, 1.54) is 0 Å². The SMILES string of the molecule is O=C(NCCc1ccccn1)[C@H]1CC(=O)N(c2ccccc2Br)C1. The summed E-state index contributed by atoms with van der Waals surface area (Å²) in [6.45, 7) is 0.937. The summed E-state index contributed by atoms with van der Waals surface area (Å²) in [7, 11) is 0. The van der Waals surface area contributed by atoms with Crippen LogP contribution in [0.15, 0.2) is 53.1 Å². The van der Waals surface area contributed by atoms with Crippen LogP contribution >= 0.6 is 15.9 Å². The molecule has 1 aromatic carbocycles. The number of amides is 2. The van der Waals surface area contributed by atoms with E-state index >= 15 is 0 Å². The topological polar surface area (TPSA) is 62.3 Å². The monoisotopic (exact) mass is 387 g/mol. The molecule has 0 bridgehead atoms. The predicted octanol–water partition coefficient (Wildman–Crippen LogP) is 2.56. The van der Waals surface area contributed by atoms with Gasteiger partial charge in [0, 0.05) is 42.3 Å². The number of carbonyl (C=O) groups excluding carboxylic acids is 2. The van der Waals surface area contributed by atoms with Crippen LogP contribution in [0.2, 0.25) is 0 Å². The zero-order valence-corrected chi connectivity index (χ0v) is 14.7. The second-order valence-electron chi connectivity index (χ2n) is 5.72. The molecule has 0 aliphatic carbocycles. The van der Waals surface area contributed by atoms with Crippen LogP contribution < -0.4 is 10.2 Å². The van der Waals surface area contributed by atoms with E-state index in [0.29, 0.717) is 19.5 Å². The number of pyridine rings is 1. The lowest BCUT2D eigenvalue weighted by Gasteiger charge is -2.18. The van der Waals surface area contributed by atoms with E-state index in [1.807, 2.05) is 42.5 Å². The van der Waals surface area contributed by atoms with Crippen molar-refractivity contribution < 1.29 is 9.59 Å². The summed E-state index contributed by atoms with van der Waals surface area (Å²) in [6.07, 6.45) is 2.67. The van der Waals surface area contributed by atoms with Gasteiger partial charge in [0.2, 0.25) is 11.8 Å². The average Bonchev–Trinajstić information content (AvgIpc) is 2.98. The standard InChI is InChI=1S/C18H18BrN3O2/c19-15-6-1-2-7-16(15)22-12-13(11-17(22)23)18(24)21-10-8-14-5-3-4-9-20-14/h1-7,9,13H,8,10-12H2,(H,21,24)/t13-/m0/s1. The quantitative estimate of drug-likeness (QED) is 0.857. The fourth-order valence-corrected chi connectivity index (χ4v) is 3.29. The number of hydrogen-bond donors (Lipinski definition) is 1. The first-order valence-electron chi connectivity index (χ1n) is 7.87. The minimum Gasteiger partial charge on any atom is -0.355 e. The third-order valence-electron chi connectivity index (χ3n) is 4.05. The Morgan fingerprint density at radius 1 is 1.25 bits per heavy atom. The average molecular weight is 388 g/mol. The lowest BCUT2D eigenvalue weighted by molar-refractivity contribution is -0.126. The first-order chi connectivity index (χ1) is 11.6. The minimum absolute atomic E-state index is 0.0215. The van der Waals surface area contributed by atoms with Gasteiger partial charge in [0.15, 0.2) is 0 Å². The van der Waals surface area contributed by atoms with Crippen LogP contribution in [0, 0.1) is 5.92 Å². The highest BCUT2D eigenvalue weighted by Gasteiger charge is 2.35. The van der Waals surface area contributed by atoms with E-state index in [1.54, 1.807) is 11.1 Å². The summed E-state index contributed by atoms with van der Waals surface area (Å²) >= 11 is 3.46. The predicted molar refractivity (Wildman–Crippen MR) is 95.6 cm³/mol. The molecule has 0 saturated carbocycles. The molecular formula is C18H18BrN3O2. The molecule has 1 atom stereocenters. The molecule has 1 aromatic heterocycles. The third kappa shape index (κ3) is 3.82. The maximum atomic E-state index is 12.3. The Morgan fingerprint density at radius 2 is 2.04 bits per heavy atom. The van der Waals surface area contributed by atoms with Crippen molar-refractivity contribution in [1.29, 1.82) is 0 Å². The summed E-state index contributed by atoms with van der Waals surface area (Å²) in [5.41, 5.74) is 1.75. The smallest absolute Gasteiger partial charge is 0.227 e. The Balaban J connectivity index is 1.55. The lowest BCUT2D eigenvalue weighted by Crippen LogP contribution is -2.34. The van der Waals surface area contributed by atoms with Gasteiger partial charge in [-0.15, -0.1) is 0 Å². The van der Waals surface area contributed by atoms with E-state index in [2.05, 4.69) is 26.2 Å². The van der Waals surface area contributed by atoms with Gasteiger partial charge in [0.25, 0.3) is 0 Å². The lowest BCUT2D eigenvalue weighted by atomic mass is 10.1. The number of nitrogens with one attached hydrogen (secondary N) is 1. The van der Waals surface area contributed by atoms with E-state index in [0.717, 1.165) is 15.9 Å². The van der Waals surface area contributed by atoms with Gasteiger partial charge in [-0.2, -0.15) is 0 Å². The molecule has 6 heteroatoms. The summed E-state index contributed by atoms with van der Waals surface area (Å²) < 4.78 is 0.856. The van der Waals surface area contributed by atoms with Crippen LogP contribution in [-0.4, -0.2) is 29.9 Å². The zero-order chi connectivity index (χ0) is 16.9. The van der Waals surface area contributed by atoms with Crippen molar-refractivity contribution in [2.45, 2.75) is 12.8 Å². The van der Waals surface area contributed by atoms with Crippen LogP contribution in [0.25, 0.3) is 0 Å². The van der Waals surface area contributed by atoms with Crippen LogP contribution in [0.5, 0.6) is 0 Å². The molecule has 2 amide bonds. The molecule has 0 spiro atoms. The molecular weight excluding hydrogens is 370 g/mol. The van der Waals surface area contributed by atoms with Gasteiger partial charge >= 0.3 is 0 Å². The summed E-state index contributed by atoms with van der Waals surface area (Å²) in [4.78, 5) is 30.5. The number of hydrogen-bond acceptors (Lipinski definition) is 3. The van der Waals surface area contributed by atoms with Gasteiger partial charge in [0.1, 0.15) is 0 Å². The van der Waals surface area contributed by atoms with E-state index in [9.17, 15) is 9.59 Å². The van der Waals surface area contributed by atoms with Gasteiger partial charge in [-0.05, 0) is 40.2 Å². The Bertz CT molecular complexity index is 736. The van der Waals surface area contributed by atoms with E-state index < -0.39 is 0 Å². The van der Waals surface area contributed by atoms with Gasteiger partial charge in [0.05, 0.1) is 11.6 Å². The number of anilines is 1. The van der Waals surface area contributed by atoms with Gasteiger partial charge in [-0.25, -0.2) is 0 Å². The van der Waals surface area contributed by atoms with Gasteiger partial charge < -0.3 is 10.2 Å². The molecule has 1 saturated heterocycles. The van der Waals surface area contributed by atoms with Crippen molar-refractivity contribution in [2.75, 3.05) is 18.0 Å². The van der Waals surface area contributed by atoms with Crippen molar-refractivity contribution in [3.63, 3.8) is 0 Å². The second kappa shape index (κ2) is 7.57. The highest BCUT2D eigenvalue weighted by atomic mass is 79.9. The number of aromatic nitrogens is 1. The van der Waals surface area contributed by atoms with E-state index in [-0.39, 0.29) is 24.2 Å². The Kier molecular flexibility index (Phi) is 5.25. The molecule has 124 valence electrons. The number of halogens is 1. The first kappa shape index (κ1) is 16.6. The molecule has 1 aliphatic rings. The number of nitrogens with zero attached hydrogens (tertiary/aromatic N) is 2. The van der Waals surface area contributed by atoms with Crippen molar-refractivity contribution in [2.24, 2.45) is 5.92 Å². The summed E-state index contributed by atoms with van der Waals surface area (Å²) in [6, 6.07) is 13.3. The van der Waals surface area contributed by atoms with Crippen molar-refractivity contribution >= 4 is 33.4 Å². The van der Waals surface area contributed by atoms with Crippen molar-refractivity contribution in [1.82, 2.24) is 10.3 Å². The van der Waals surface area contributed by atoms with Gasteiger partial charge in [-0.1, -0.05) is 18.2 Å². The highest BCUT2D eigenvalue weighted by molar-refractivity contribution is 9.10. The number of carbonyl (C=O) groups is 2. The molecule has 2 heterocycles. The summed E-state index contributed by atoms with van der Waals surface area (Å²) in [5, 5.41) is 2.91. The van der Waals surface area contributed by atoms with Crippen LogP contribution in [-0.2, 0) is 16.0 Å². The Morgan fingerprint density at radius 3 is 2.79 bits per heavy atom. The fourth-order valence-electron chi connectivity index (χ4n) is 2.79. The van der Waals surface area contributed by atoms with Crippen molar-refractivity contribution in [3.05, 3.63) is 58.8 Å². The normalized spacial score (nSPS) is 17.1. The first-order valence-corrected chi connectivity index (χ1v) is 8.67. The molecule has 1 N–H and O–H groups in total. The second-order valence-corrected chi connectivity index (χ2v) is 6.57. The molecule has 0 unspecified atom stereocenters. The maximum absolute atomic E-state index is 12.3. The van der Waals surface area contributed by atoms with Crippen LogP contribution in [0.1, 0.15) is 12.1 Å². The van der Waals surface area contributed by atoms with Crippen LogP contribution in [0.4, 0.5) is 5.69 Å². The van der Waals surface area contributed by atoms with Crippen molar-refractivity contribution in [3.8, 4) is 0 Å². The third-order valence-corrected chi connectivity index (χ3v) is 4.72. The van der Waals surface area contributed by atoms with Gasteiger partial charge in [-0.3, -0.25) is 14.6 Å². The molecule has 1 aliphatic heterocycles. The Hall–Kier alpha value is -2.21. The molecule has 2 aromatic rings. The molecule has 1 fully saturated rings. The minimum atomic E-state index is -0.312. The molecule has 5 nitrogen and oxygen atoms in total. The van der Waals surface area contributed by atoms with E-state index in [4.69, 9.17) is 0 Å². The molecule has 0 radical (unpaired) electrons. The Labute approximate surface area is 149 Å². The number of para-hydroxylation sites is 1. The maximum Gasteiger partial charge on any atom is 0.227 e. The fraction of sp³-hybridized carbons (Fsp3) is 0.278. The molecule has 3 rings (SSSR count). The number of rotatable bonds is 5. The number of benzene rings is 1. The zero-order valence-electron chi connectivity index (χ0n) is 13.1. The van der Waals surface area contributed by atoms with Crippen LogP contribution in [0.3, 0.4) is 0 Å². The molecule has 24 heavy (non-hydrogen) atoms. The largest absolute Gasteiger partial charge is 0.355 e.